The highest BCUT2D eigenvalue weighted by atomic mass is 35.5. The minimum atomic E-state index is 0.696. The quantitative estimate of drug-likeness (QED) is 0.688. The van der Waals surface area contributed by atoms with Crippen molar-refractivity contribution in [2.24, 2.45) is 0 Å². The van der Waals surface area contributed by atoms with Gasteiger partial charge in [-0.2, -0.15) is 0 Å². The Morgan fingerprint density at radius 1 is 1.00 bits per heavy atom. The maximum absolute atomic E-state index is 5.92. The lowest BCUT2D eigenvalue weighted by Crippen LogP contribution is -1.72. The van der Waals surface area contributed by atoms with Gasteiger partial charge >= 0.3 is 0 Å². The summed E-state index contributed by atoms with van der Waals surface area (Å²) in [4.78, 5) is 2.93. The van der Waals surface area contributed by atoms with Crippen LogP contribution in [0, 0.1) is 0 Å². The number of nitrogens with one attached hydrogen (secondary N) is 1. The summed E-state index contributed by atoms with van der Waals surface area (Å²) >= 11 is 5.92. The Morgan fingerprint density at radius 2 is 1.75 bits per heavy atom. The summed E-state index contributed by atoms with van der Waals surface area (Å²) in [6.45, 7) is 0. The van der Waals surface area contributed by atoms with Crippen LogP contribution in [0.25, 0.3) is 11.1 Å². The van der Waals surface area contributed by atoms with Gasteiger partial charge in [-0.25, -0.2) is 0 Å². The van der Waals surface area contributed by atoms with Crippen molar-refractivity contribution in [3.63, 3.8) is 0 Å². The Hall–Kier alpha value is -1.21. The minimum Gasteiger partial charge on any atom is -0.352 e. The lowest BCUT2D eigenvalue weighted by atomic mass is 10.1. The fourth-order valence-corrected chi connectivity index (χ4v) is 1.42. The lowest BCUT2D eigenvalue weighted by Gasteiger charge is -1.96. The molecule has 0 bridgehead atoms. The molecule has 0 unspecified atom stereocenters. The van der Waals surface area contributed by atoms with Gasteiger partial charge < -0.3 is 4.98 Å². The normalized spacial score (nSPS) is 10.1. The monoisotopic (exact) mass is 177 g/mol. The van der Waals surface area contributed by atoms with Crippen LogP contribution in [0.2, 0.25) is 5.15 Å². The highest BCUT2D eigenvalue weighted by molar-refractivity contribution is 6.32. The first-order valence-electron chi connectivity index (χ1n) is 3.76. The zero-order chi connectivity index (χ0) is 8.39. The van der Waals surface area contributed by atoms with Crippen molar-refractivity contribution in [3.8, 4) is 11.1 Å². The highest BCUT2D eigenvalue weighted by Crippen LogP contribution is 2.25. The van der Waals surface area contributed by atoms with E-state index in [1.165, 1.54) is 0 Å². The van der Waals surface area contributed by atoms with E-state index in [1.54, 1.807) is 0 Å². The van der Waals surface area contributed by atoms with Crippen LogP contribution in [-0.2, 0) is 0 Å². The van der Waals surface area contributed by atoms with Gasteiger partial charge in [-0.1, -0.05) is 41.9 Å². The molecule has 1 N–H and O–H groups in total. The molecule has 0 radical (unpaired) electrons. The van der Waals surface area contributed by atoms with E-state index in [1.807, 2.05) is 42.6 Å². The number of hydrogen-bond acceptors (Lipinski definition) is 0. The van der Waals surface area contributed by atoms with E-state index in [0.717, 1.165) is 11.1 Å². The molecule has 12 heavy (non-hydrogen) atoms. The van der Waals surface area contributed by atoms with E-state index in [-0.39, 0.29) is 0 Å². The molecule has 0 aliphatic heterocycles. The number of rotatable bonds is 1. The topological polar surface area (TPSA) is 15.8 Å². The largest absolute Gasteiger partial charge is 0.352 e. The van der Waals surface area contributed by atoms with E-state index < -0.39 is 0 Å². The molecular weight excluding hydrogens is 170 g/mol. The van der Waals surface area contributed by atoms with Crippen LogP contribution >= 0.6 is 11.6 Å². The highest BCUT2D eigenvalue weighted by Gasteiger charge is 2.01. The second-order valence-electron chi connectivity index (χ2n) is 2.57. The Kier molecular flexibility index (Phi) is 1.88. The summed E-state index contributed by atoms with van der Waals surface area (Å²) in [5, 5.41) is 0.696. The van der Waals surface area contributed by atoms with Gasteiger partial charge in [0, 0.05) is 11.8 Å². The first-order chi connectivity index (χ1) is 5.88. The third-order valence-corrected chi connectivity index (χ3v) is 2.09. The SMILES string of the molecule is Clc1[nH]ccc1-c1ccccc1. The van der Waals surface area contributed by atoms with E-state index in [9.17, 15) is 0 Å². The van der Waals surface area contributed by atoms with Crippen molar-refractivity contribution in [2.75, 3.05) is 0 Å². The zero-order valence-corrected chi connectivity index (χ0v) is 7.18. The molecule has 0 saturated heterocycles. The maximum atomic E-state index is 5.92. The number of benzene rings is 1. The van der Waals surface area contributed by atoms with Gasteiger partial charge in [0.15, 0.2) is 0 Å². The number of hydrogen-bond donors (Lipinski definition) is 1. The van der Waals surface area contributed by atoms with Gasteiger partial charge in [0.25, 0.3) is 0 Å². The first kappa shape index (κ1) is 7.44. The molecule has 0 aliphatic rings. The van der Waals surface area contributed by atoms with Crippen molar-refractivity contribution in [1.82, 2.24) is 4.98 Å². The molecule has 0 amide bonds. The summed E-state index contributed by atoms with van der Waals surface area (Å²) in [5.74, 6) is 0. The Labute approximate surface area is 76.0 Å². The van der Waals surface area contributed by atoms with Crippen molar-refractivity contribution in [2.45, 2.75) is 0 Å². The van der Waals surface area contributed by atoms with Crippen LogP contribution in [0.4, 0.5) is 0 Å². The summed E-state index contributed by atoms with van der Waals surface area (Å²) in [7, 11) is 0. The Bertz CT molecular complexity index is 364. The molecule has 2 heteroatoms. The molecule has 0 spiro atoms. The van der Waals surface area contributed by atoms with Crippen LogP contribution in [0.15, 0.2) is 42.6 Å². The average Bonchev–Trinajstić information content (AvgIpc) is 2.53. The molecule has 2 aromatic rings. The van der Waals surface area contributed by atoms with Crippen LogP contribution in [0.1, 0.15) is 0 Å². The summed E-state index contributed by atoms with van der Waals surface area (Å²) < 4.78 is 0. The molecule has 2 rings (SSSR count). The van der Waals surface area contributed by atoms with Crippen molar-refractivity contribution < 1.29 is 0 Å². The predicted molar refractivity (Wildman–Crippen MR) is 51.2 cm³/mol. The molecule has 0 aliphatic carbocycles. The number of halogens is 1. The van der Waals surface area contributed by atoms with Crippen molar-refractivity contribution >= 4 is 11.6 Å². The Morgan fingerprint density at radius 3 is 2.33 bits per heavy atom. The number of H-pyrrole nitrogens is 1. The average molecular weight is 178 g/mol. The fourth-order valence-electron chi connectivity index (χ4n) is 1.19. The minimum absolute atomic E-state index is 0.696. The zero-order valence-electron chi connectivity index (χ0n) is 6.42. The number of aromatic nitrogens is 1. The van der Waals surface area contributed by atoms with Crippen molar-refractivity contribution in [1.29, 1.82) is 0 Å². The summed E-state index contributed by atoms with van der Waals surface area (Å²) in [6.07, 6.45) is 1.84. The predicted octanol–water partition coefficient (Wildman–Crippen LogP) is 3.34. The molecule has 1 aromatic heterocycles. The van der Waals surface area contributed by atoms with Crippen LogP contribution in [-0.4, -0.2) is 4.98 Å². The van der Waals surface area contributed by atoms with E-state index in [4.69, 9.17) is 11.6 Å². The van der Waals surface area contributed by atoms with Gasteiger partial charge in [-0.15, -0.1) is 0 Å². The summed E-state index contributed by atoms with van der Waals surface area (Å²) in [5.41, 5.74) is 2.20. The van der Waals surface area contributed by atoms with E-state index >= 15 is 0 Å². The maximum Gasteiger partial charge on any atom is 0.114 e. The second kappa shape index (κ2) is 3.03. The van der Waals surface area contributed by atoms with Gasteiger partial charge in [-0.05, 0) is 11.6 Å². The number of aromatic amines is 1. The molecule has 1 nitrogen and oxygen atoms in total. The molecule has 1 aromatic carbocycles. The molecule has 0 saturated carbocycles. The van der Waals surface area contributed by atoms with Gasteiger partial charge in [0.05, 0.1) is 0 Å². The fraction of sp³-hybridized carbons (Fsp3) is 0. The van der Waals surface area contributed by atoms with E-state index in [0.29, 0.717) is 5.15 Å². The molecule has 0 atom stereocenters. The van der Waals surface area contributed by atoms with Gasteiger partial charge in [0.2, 0.25) is 0 Å². The van der Waals surface area contributed by atoms with Crippen molar-refractivity contribution in [3.05, 3.63) is 47.7 Å². The van der Waals surface area contributed by atoms with Crippen LogP contribution in [0.5, 0.6) is 0 Å². The second-order valence-corrected chi connectivity index (χ2v) is 2.95. The third kappa shape index (κ3) is 1.23. The first-order valence-corrected chi connectivity index (χ1v) is 4.14. The molecule has 0 fully saturated rings. The van der Waals surface area contributed by atoms with Crippen LogP contribution in [0.3, 0.4) is 0 Å². The van der Waals surface area contributed by atoms with Crippen LogP contribution < -0.4 is 0 Å². The molecule has 60 valence electrons. The van der Waals surface area contributed by atoms with Gasteiger partial charge in [0.1, 0.15) is 5.15 Å². The molecule has 1 heterocycles. The Balaban J connectivity index is 2.51. The van der Waals surface area contributed by atoms with Gasteiger partial charge in [-0.3, -0.25) is 0 Å². The third-order valence-electron chi connectivity index (χ3n) is 1.78. The molecular formula is C10H8ClN. The smallest absolute Gasteiger partial charge is 0.114 e. The summed E-state index contributed by atoms with van der Waals surface area (Å²) in [6, 6.07) is 12.0. The lowest BCUT2D eigenvalue weighted by molar-refractivity contribution is 1.41. The van der Waals surface area contributed by atoms with E-state index in [2.05, 4.69) is 4.98 Å². The standard InChI is InChI=1S/C10H8ClN/c11-10-9(6-7-12-10)8-4-2-1-3-5-8/h1-7,12H.